The molecule has 0 fully saturated rings. The number of carbonyl (C=O) groups excluding carboxylic acids is 1. The van der Waals surface area contributed by atoms with Crippen molar-refractivity contribution in [2.45, 2.75) is 6.54 Å². The molecule has 6 heteroatoms. The number of hydrogen-bond acceptors (Lipinski definition) is 2. The molecule has 30 heavy (non-hydrogen) atoms. The second-order valence-corrected chi connectivity index (χ2v) is 7.85. The van der Waals surface area contributed by atoms with Crippen molar-refractivity contribution in [3.8, 4) is 11.1 Å². The Morgan fingerprint density at radius 3 is 2.67 bits per heavy atom. The van der Waals surface area contributed by atoms with Gasteiger partial charge in [-0.3, -0.25) is 4.79 Å². The first kappa shape index (κ1) is 18.8. The van der Waals surface area contributed by atoms with E-state index < -0.39 is 5.91 Å². The van der Waals surface area contributed by atoms with E-state index in [1.54, 1.807) is 24.5 Å². The first-order chi connectivity index (χ1) is 14.5. The lowest BCUT2D eigenvalue weighted by Gasteiger charge is -2.08. The second-order valence-electron chi connectivity index (χ2n) is 7.00. The number of aromatic nitrogens is 1. The standard InChI is InChI=1S/C24H15Cl2N2O2/c25-15-7-9-17(20(26)12-15)14-6-8-18-22(11-14)28(13-16-3-2-10-30-16)21-5-1-4-19(23(18)21)24(27)29/h1-7,9-12H,13H2,(H2,27,29). The van der Waals surface area contributed by atoms with Gasteiger partial charge in [-0.1, -0.05) is 35.3 Å². The number of nitrogens with two attached hydrogens (primary N) is 1. The number of fused-ring (bicyclic) bond motifs is 3. The van der Waals surface area contributed by atoms with Gasteiger partial charge in [-0.25, -0.2) is 0 Å². The Bertz CT molecular complexity index is 1420. The number of halogens is 2. The zero-order chi connectivity index (χ0) is 20.8. The van der Waals surface area contributed by atoms with Crippen molar-refractivity contribution in [3.05, 3.63) is 94.4 Å². The van der Waals surface area contributed by atoms with Crippen molar-refractivity contribution in [1.29, 1.82) is 0 Å². The molecule has 0 unspecified atom stereocenters. The summed E-state index contributed by atoms with van der Waals surface area (Å²) in [6.07, 6.45) is 1.64. The molecule has 1 radical (unpaired) electrons. The lowest BCUT2D eigenvalue weighted by molar-refractivity contribution is 0.100. The Kier molecular flexibility index (Phi) is 4.54. The minimum atomic E-state index is -0.476. The Hall–Kier alpha value is -3.21. The van der Waals surface area contributed by atoms with Gasteiger partial charge < -0.3 is 14.7 Å². The van der Waals surface area contributed by atoms with Crippen molar-refractivity contribution in [2.24, 2.45) is 5.73 Å². The average Bonchev–Trinajstić information content (AvgIpc) is 3.34. The normalized spacial score (nSPS) is 11.4. The van der Waals surface area contributed by atoms with E-state index in [2.05, 4.69) is 10.6 Å². The lowest BCUT2D eigenvalue weighted by Crippen LogP contribution is -2.11. The summed E-state index contributed by atoms with van der Waals surface area (Å²) in [7, 11) is 0. The molecule has 2 heterocycles. The van der Waals surface area contributed by atoms with E-state index in [1.807, 2.05) is 42.5 Å². The molecule has 5 rings (SSSR count). The fourth-order valence-corrected chi connectivity index (χ4v) is 4.39. The van der Waals surface area contributed by atoms with Gasteiger partial charge in [0, 0.05) is 31.9 Å². The Morgan fingerprint density at radius 1 is 1.07 bits per heavy atom. The van der Waals surface area contributed by atoms with Crippen LogP contribution in [0.3, 0.4) is 0 Å². The van der Waals surface area contributed by atoms with Crippen molar-refractivity contribution in [3.63, 3.8) is 0 Å². The summed E-state index contributed by atoms with van der Waals surface area (Å²) in [5, 5.41) is 2.73. The summed E-state index contributed by atoms with van der Waals surface area (Å²) in [6, 6.07) is 21.9. The van der Waals surface area contributed by atoms with Gasteiger partial charge in [-0.2, -0.15) is 0 Å². The van der Waals surface area contributed by atoms with Gasteiger partial charge in [0.2, 0.25) is 5.91 Å². The number of hydrogen-bond donors (Lipinski definition) is 1. The largest absolute Gasteiger partial charge is 0.467 e. The molecule has 2 N–H and O–H groups in total. The van der Waals surface area contributed by atoms with Crippen LogP contribution in [0.1, 0.15) is 16.1 Å². The molecule has 147 valence electrons. The van der Waals surface area contributed by atoms with Crippen molar-refractivity contribution in [2.75, 3.05) is 0 Å². The van der Waals surface area contributed by atoms with E-state index in [4.69, 9.17) is 33.4 Å². The van der Waals surface area contributed by atoms with Crippen LogP contribution < -0.4 is 5.73 Å². The minimum absolute atomic E-state index is 0.462. The molecule has 0 spiro atoms. The maximum Gasteiger partial charge on any atom is 0.249 e. The molecule has 0 saturated carbocycles. The highest BCUT2D eigenvalue weighted by Gasteiger charge is 2.18. The molecule has 5 aromatic rings. The first-order valence-corrected chi connectivity index (χ1v) is 10.0. The smallest absolute Gasteiger partial charge is 0.249 e. The zero-order valence-electron chi connectivity index (χ0n) is 15.7. The van der Waals surface area contributed by atoms with Crippen LogP contribution >= 0.6 is 23.2 Å². The van der Waals surface area contributed by atoms with Gasteiger partial charge in [0.25, 0.3) is 0 Å². The Labute approximate surface area is 182 Å². The molecule has 0 bridgehead atoms. The van der Waals surface area contributed by atoms with E-state index in [-0.39, 0.29) is 0 Å². The van der Waals surface area contributed by atoms with Crippen LogP contribution in [0.4, 0.5) is 0 Å². The number of amides is 1. The molecule has 3 aromatic carbocycles. The van der Waals surface area contributed by atoms with Gasteiger partial charge in [-0.05, 0) is 60.2 Å². The third kappa shape index (κ3) is 3.05. The molecule has 0 saturated heterocycles. The molecule has 1 amide bonds. The SMILES string of the molecule is NC(=O)c1cccc2c1c1[c]cc(-c3ccc(Cl)cc3Cl)cc1n2Cc1ccco1. The fraction of sp³-hybridized carbons (Fsp3) is 0.0417. The summed E-state index contributed by atoms with van der Waals surface area (Å²) in [5.74, 6) is 0.323. The predicted molar refractivity (Wildman–Crippen MR) is 120 cm³/mol. The number of furan rings is 1. The predicted octanol–water partition coefficient (Wildman–Crippen LogP) is 6.31. The fourth-order valence-electron chi connectivity index (χ4n) is 3.87. The van der Waals surface area contributed by atoms with Crippen LogP contribution in [0.2, 0.25) is 10.0 Å². The summed E-state index contributed by atoms with van der Waals surface area (Å²) in [5.41, 5.74) is 9.65. The van der Waals surface area contributed by atoms with Crippen LogP contribution in [-0.4, -0.2) is 10.5 Å². The van der Waals surface area contributed by atoms with E-state index >= 15 is 0 Å². The number of carbonyl (C=O) groups is 1. The van der Waals surface area contributed by atoms with E-state index in [0.717, 1.165) is 38.7 Å². The zero-order valence-corrected chi connectivity index (χ0v) is 17.2. The number of rotatable bonds is 4. The second kappa shape index (κ2) is 7.24. The van der Waals surface area contributed by atoms with Crippen molar-refractivity contribution < 1.29 is 9.21 Å². The molecular weight excluding hydrogens is 419 g/mol. The first-order valence-electron chi connectivity index (χ1n) is 9.27. The van der Waals surface area contributed by atoms with Crippen LogP contribution in [0.15, 0.2) is 71.3 Å². The molecular formula is C24H15Cl2N2O2. The summed E-state index contributed by atoms with van der Waals surface area (Å²) < 4.78 is 7.67. The summed E-state index contributed by atoms with van der Waals surface area (Å²) >= 11 is 12.5. The van der Waals surface area contributed by atoms with Crippen molar-refractivity contribution >= 4 is 50.9 Å². The monoisotopic (exact) mass is 433 g/mol. The van der Waals surface area contributed by atoms with Crippen LogP contribution in [-0.2, 0) is 6.54 Å². The molecule has 0 aliphatic heterocycles. The lowest BCUT2D eigenvalue weighted by atomic mass is 10.0. The molecule has 0 aliphatic carbocycles. The third-order valence-electron chi connectivity index (χ3n) is 5.20. The van der Waals surface area contributed by atoms with E-state index in [9.17, 15) is 4.79 Å². The van der Waals surface area contributed by atoms with Gasteiger partial charge in [0.1, 0.15) is 5.76 Å². The molecule has 4 nitrogen and oxygen atoms in total. The molecule has 0 aliphatic rings. The number of benzene rings is 3. The third-order valence-corrected chi connectivity index (χ3v) is 5.74. The van der Waals surface area contributed by atoms with Gasteiger partial charge in [-0.15, -0.1) is 0 Å². The Morgan fingerprint density at radius 2 is 1.93 bits per heavy atom. The average molecular weight is 434 g/mol. The van der Waals surface area contributed by atoms with Crippen molar-refractivity contribution in [1.82, 2.24) is 4.57 Å². The topological polar surface area (TPSA) is 61.2 Å². The van der Waals surface area contributed by atoms with Gasteiger partial charge in [0.15, 0.2) is 0 Å². The van der Waals surface area contributed by atoms with Crippen LogP contribution in [0, 0.1) is 6.07 Å². The molecule has 2 aromatic heterocycles. The maximum atomic E-state index is 12.1. The van der Waals surface area contributed by atoms with Crippen LogP contribution in [0.25, 0.3) is 32.9 Å². The van der Waals surface area contributed by atoms with Crippen LogP contribution in [0.5, 0.6) is 0 Å². The van der Waals surface area contributed by atoms with Gasteiger partial charge in [0.05, 0.1) is 23.8 Å². The number of primary amides is 1. The molecule has 0 atom stereocenters. The van der Waals surface area contributed by atoms with E-state index in [1.165, 1.54) is 0 Å². The maximum absolute atomic E-state index is 12.1. The minimum Gasteiger partial charge on any atom is -0.467 e. The highest BCUT2D eigenvalue weighted by Crippen LogP contribution is 2.37. The highest BCUT2D eigenvalue weighted by atomic mass is 35.5. The number of nitrogens with zero attached hydrogens (tertiary/aromatic N) is 1. The quantitative estimate of drug-likeness (QED) is 0.360. The van der Waals surface area contributed by atoms with Gasteiger partial charge >= 0.3 is 0 Å². The summed E-state index contributed by atoms with van der Waals surface area (Å²) in [6.45, 7) is 0.501. The van der Waals surface area contributed by atoms with E-state index in [0.29, 0.717) is 22.2 Å². The highest BCUT2D eigenvalue weighted by molar-refractivity contribution is 6.36. The Balaban J connectivity index is 1.82. The summed E-state index contributed by atoms with van der Waals surface area (Å²) in [4.78, 5) is 12.1.